The zero-order valence-electron chi connectivity index (χ0n) is 16.9. The van der Waals surface area contributed by atoms with Crippen molar-refractivity contribution in [1.82, 2.24) is 10.0 Å². The summed E-state index contributed by atoms with van der Waals surface area (Å²) < 4.78 is 43.8. The van der Waals surface area contributed by atoms with Crippen molar-refractivity contribution in [2.75, 3.05) is 13.1 Å². The second-order valence-corrected chi connectivity index (χ2v) is 9.34. The van der Waals surface area contributed by atoms with Gasteiger partial charge in [0.2, 0.25) is 10.0 Å². The minimum absolute atomic E-state index is 0.0204. The van der Waals surface area contributed by atoms with Gasteiger partial charge in [-0.15, -0.1) is 0 Å². The van der Waals surface area contributed by atoms with Gasteiger partial charge in [0.15, 0.2) is 0 Å². The lowest BCUT2D eigenvalue weighted by Gasteiger charge is -2.32. The summed E-state index contributed by atoms with van der Waals surface area (Å²) in [5.74, 6) is 0.250. The Morgan fingerprint density at radius 2 is 1.64 bits per heavy atom. The van der Waals surface area contributed by atoms with Gasteiger partial charge in [-0.2, -0.15) is 0 Å². The van der Waals surface area contributed by atoms with E-state index in [1.54, 1.807) is 12.1 Å². The van der Waals surface area contributed by atoms with Gasteiger partial charge in [0.05, 0.1) is 21.9 Å². The van der Waals surface area contributed by atoms with Crippen LogP contribution in [-0.2, 0) is 24.1 Å². The largest absolute Gasteiger partial charge is 0.494 e. The van der Waals surface area contributed by atoms with Gasteiger partial charge in [-0.3, -0.25) is 0 Å². The zero-order chi connectivity index (χ0) is 21.2. The maximum atomic E-state index is 12.4. The molecule has 2 rings (SSSR count). The van der Waals surface area contributed by atoms with Crippen LogP contribution in [0.15, 0.2) is 41.5 Å². The molecule has 0 saturated carbocycles. The quantitative estimate of drug-likeness (QED) is 0.402. The van der Waals surface area contributed by atoms with Crippen LogP contribution < -0.4 is 15.5 Å². The van der Waals surface area contributed by atoms with Gasteiger partial charge in [0.1, 0.15) is 0 Å². The highest BCUT2D eigenvalue weighted by atomic mass is 32.2. The van der Waals surface area contributed by atoms with Gasteiger partial charge in [0.25, 0.3) is 0 Å². The topological polar surface area (TPSA) is 103 Å². The average Bonchev–Trinajstić information content (AvgIpc) is 2.79. The van der Waals surface area contributed by atoms with Gasteiger partial charge in [0, 0.05) is 13.1 Å². The lowest BCUT2D eigenvalue weighted by molar-refractivity contribution is 0.00578. The van der Waals surface area contributed by atoms with E-state index in [4.69, 9.17) is 14.0 Å². The van der Waals surface area contributed by atoms with Crippen LogP contribution in [-0.4, -0.2) is 45.9 Å². The minimum Gasteiger partial charge on any atom is -0.416 e. The molecular weight excluding hydrogens is 383 g/mol. The van der Waals surface area contributed by atoms with Gasteiger partial charge < -0.3 is 19.4 Å². The van der Waals surface area contributed by atoms with Crippen molar-refractivity contribution in [2.24, 2.45) is 0 Å². The molecule has 8 nitrogen and oxygen atoms in total. The van der Waals surface area contributed by atoms with Gasteiger partial charge in [-0.1, -0.05) is 18.7 Å². The molecule has 1 fully saturated rings. The lowest BCUT2D eigenvalue weighted by Crippen LogP contribution is -2.41. The fourth-order valence-corrected chi connectivity index (χ4v) is 3.44. The summed E-state index contributed by atoms with van der Waals surface area (Å²) in [6, 6.07) is 6.31. The van der Waals surface area contributed by atoms with E-state index in [1.807, 2.05) is 27.7 Å². The van der Waals surface area contributed by atoms with Crippen LogP contribution in [0, 0.1) is 0 Å². The summed E-state index contributed by atoms with van der Waals surface area (Å²) in [4.78, 5) is 11.4. The molecule has 0 aliphatic carbocycles. The lowest BCUT2D eigenvalue weighted by atomic mass is 9.79. The maximum Gasteiger partial charge on any atom is 0.494 e. The van der Waals surface area contributed by atoms with Crippen LogP contribution in [0.1, 0.15) is 34.6 Å². The molecule has 1 heterocycles. The van der Waals surface area contributed by atoms with E-state index < -0.39 is 34.4 Å². The minimum atomic E-state index is -3.71. The van der Waals surface area contributed by atoms with E-state index in [0.29, 0.717) is 0 Å². The number of sulfonamides is 1. The number of allylic oxidation sites excluding steroid dienone is 1. The molecule has 0 spiro atoms. The molecule has 0 bridgehead atoms. The van der Waals surface area contributed by atoms with E-state index in [0.717, 1.165) is 5.46 Å². The monoisotopic (exact) mass is 410 g/mol. The van der Waals surface area contributed by atoms with E-state index in [-0.39, 0.29) is 23.7 Å². The Kier molecular flexibility index (Phi) is 6.60. The molecule has 1 aromatic rings. The Morgan fingerprint density at radius 3 is 2.14 bits per heavy atom. The highest BCUT2D eigenvalue weighted by Crippen LogP contribution is 2.36. The molecule has 1 aliphatic rings. The third-order valence-corrected chi connectivity index (χ3v) is 6.15. The van der Waals surface area contributed by atoms with E-state index in [1.165, 1.54) is 19.1 Å². The Labute approximate surface area is 166 Å². The fourth-order valence-electron chi connectivity index (χ4n) is 2.41. The SMILES string of the molecule is C=C(C)OC(=O)NCCNS(=O)(=O)c1ccc(B2OC(C)(C)C(C)(C)O2)cc1. The third-order valence-electron chi connectivity index (χ3n) is 4.67. The Bertz CT molecular complexity index is 820. The fraction of sp³-hybridized carbons (Fsp3) is 0.500. The number of rotatable bonds is 7. The second kappa shape index (κ2) is 8.24. The first kappa shape index (κ1) is 22.4. The molecule has 1 aliphatic heterocycles. The van der Waals surface area contributed by atoms with Crippen LogP contribution >= 0.6 is 0 Å². The normalized spacial score (nSPS) is 18.0. The molecule has 0 aromatic heterocycles. The Hall–Kier alpha value is -1.88. The standard InChI is InChI=1S/C18H27BN2O6S/c1-13(2)25-16(22)20-11-12-21-28(23,24)15-9-7-14(8-10-15)19-26-17(3,4)18(5,6)27-19/h7-10,21H,1,11-12H2,2-6H3,(H,20,22). The van der Waals surface area contributed by atoms with Crippen LogP contribution in [0.25, 0.3) is 0 Å². The van der Waals surface area contributed by atoms with Gasteiger partial charge in [-0.05, 0) is 52.2 Å². The van der Waals surface area contributed by atoms with Crippen molar-refractivity contribution in [1.29, 1.82) is 0 Å². The first-order valence-corrected chi connectivity index (χ1v) is 10.4. The molecule has 28 heavy (non-hydrogen) atoms. The molecule has 0 atom stereocenters. The first-order chi connectivity index (χ1) is 12.8. The van der Waals surface area contributed by atoms with Crippen molar-refractivity contribution >= 4 is 28.7 Å². The highest BCUT2D eigenvalue weighted by Gasteiger charge is 2.51. The van der Waals surface area contributed by atoms with Crippen LogP contribution in [0.3, 0.4) is 0 Å². The van der Waals surface area contributed by atoms with Crippen molar-refractivity contribution in [3.05, 3.63) is 36.6 Å². The van der Waals surface area contributed by atoms with Crippen LogP contribution in [0.2, 0.25) is 0 Å². The summed E-state index contributed by atoms with van der Waals surface area (Å²) in [6.45, 7) is 12.9. The molecular formula is C18H27BN2O6S. The van der Waals surface area contributed by atoms with Crippen LogP contribution in [0.5, 0.6) is 0 Å². The van der Waals surface area contributed by atoms with Crippen LogP contribution in [0.4, 0.5) is 4.79 Å². The van der Waals surface area contributed by atoms with Crippen molar-refractivity contribution < 1.29 is 27.3 Å². The third kappa shape index (κ3) is 5.35. The molecule has 1 aromatic carbocycles. The van der Waals surface area contributed by atoms with Gasteiger partial charge >= 0.3 is 13.2 Å². The van der Waals surface area contributed by atoms with Crippen molar-refractivity contribution in [2.45, 2.75) is 50.7 Å². The molecule has 1 saturated heterocycles. The number of hydrogen-bond acceptors (Lipinski definition) is 6. The number of carbonyl (C=O) groups is 1. The number of carbonyl (C=O) groups excluding carboxylic acids is 1. The van der Waals surface area contributed by atoms with Crippen molar-refractivity contribution in [3.8, 4) is 0 Å². The number of ether oxygens (including phenoxy) is 1. The second-order valence-electron chi connectivity index (χ2n) is 7.57. The number of benzene rings is 1. The number of hydrogen-bond donors (Lipinski definition) is 2. The average molecular weight is 410 g/mol. The summed E-state index contributed by atoms with van der Waals surface area (Å²) in [5, 5.41) is 2.42. The van der Waals surface area contributed by atoms with Crippen molar-refractivity contribution in [3.63, 3.8) is 0 Å². The van der Waals surface area contributed by atoms with Gasteiger partial charge in [-0.25, -0.2) is 17.9 Å². The van der Waals surface area contributed by atoms with E-state index >= 15 is 0 Å². The number of amides is 1. The molecule has 154 valence electrons. The predicted molar refractivity (Wildman–Crippen MR) is 107 cm³/mol. The Balaban J connectivity index is 1.93. The first-order valence-electron chi connectivity index (χ1n) is 8.90. The van der Waals surface area contributed by atoms with E-state index in [2.05, 4.69) is 16.6 Å². The summed E-state index contributed by atoms with van der Waals surface area (Å²) >= 11 is 0. The molecule has 0 unspecified atom stereocenters. The summed E-state index contributed by atoms with van der Waals surface area (Å²) in [6.07, 6.45) is -0.682. The highest BCUT2D eigenvalue weighted by molar-refractivity contribution is 7.89. The predicted octanol–water partition coefficient (Wildman–Crippen LogP) is 1.52. The number of alkyl carbamates (subject to hydrolysis) is 1. The molecule has 0 radical (unpaired) electrons. The zero-order valence-corrected chi connectivity index (χ0v) is 17.7. The Morgan fingerprint density at radius 1 is 1.11 bits per heavy atom. The molecule has 2 N–H and O–H groups in total. The summed E-state index contributed by atoms with van der Waals surface area (Å²) in [5.41, 5.74) is -0.202. The molecule has 10 heteroatoms. The maximum absolute atomic E-state index is 12.4. The smallest absolute Gasteiger partial charge is 0.416 e. The summed E-state index contributed by atoms with van der Waals surface area (Å²) in [7, 11) is -4.27. The number of nitrogens with one attached hydrogen (secondary N) is 2. The molecule has 1 amide bonds. The van der Waals surface area contributed by atoms with E-state index in [9.17, 15) is 13.2 Å².